The van der Waals surface area contributed by atoms with E-state index in [1.807, 2.05) is 0 Å². The first-order chi connectivity index (χ1) is 6.74. The number of ether oxygens (including phenoxy) is 1. The van der Waals surface area contributed by atoms with Crippen molar-refractivity contribution in [3.8, 4) is 0 Å². The fraction of sp³-hybridized carbons (Fsp3) is 1.00. The molecule has 2 N–H and O–H groups in total. The van der Waals surface area contributed by atoms with Gasteiger partial charge in [-0.05, 0) is 31.3 Å². The number of hydrogen-bond acceptors (Lipinski definition) is 3. The maximum Gasteiger partial charge on any atom is 0.0499 e. The Morgan fingerprint density at radius 2 is 2.07 bits per heavy atom. The second-order valence-corrected chi connectivity index (χ2v) is 4.01. The van der Waals surface area contributed by atoms with Crippen molar-refractivity contribution in [1.29, 1.82) is 0 Å². The minimum Gasteiger partial charge on any atom is -0.396 e. The van der Waals surface area contributed by atoms with Crippen LogP contribution in [0, 0.1) is 11.8 Å². The third-order valence-corrected chi connectivity index (χ3v) is 2.49. The zero-order valence-corrected chi connectivity index (χ0v) is 9.75. The van der Waals surface area contributed by atoms with Gasteiger partial charge in [0.05, 0.1) is 0 Å². The summed E-state index contributed by atoms with van der Waals surface area (Å²) in [5.74, 6) is 1.17. The summed E-state index contributed by atoms with van der Waals surface area (Å²) in [6.07, 6.45) is 2.04. The van der Waals surface area contributed by atoms with E-state index in [9.17, 15) is 0 Å². The molecule has 0 heterocycles. The van der Waals surface area contributed by atoms with Crippen molar-refractivity contribution in [2.24, 2.45) is 11.8 Å². The number of methoxy groups -OCH3 is 1. The molecule has 86 valence electrons. The third-order valence-electron chi connectivity index (χ3n) is 2.49. The van der Waals surface area contributed by atoms with E-state index < -0.39 is 0 Å². The molecule has 14 heavy (non-hydrogen) atoms. The molecule has 0 aliphatic carbocycles. The van der Waals surface area contributed by atoms with Crippen LogP contribution in [0.4, 0.5) is 0 Å². The third kappa shape index (κ3) is 7.30. The van der Waals surface area contributed by atoms with Crippen LogP contribution in [-0.2, 0) is 4.74 Å². The van der Waals surface area contributed by atoms with Crippen LogP contribution in [0.25, 0.3) is 0 Å². The highest BCUT2D eigenvalue weighted by molar-refractivity contribution is 4.62. The largest absolute Gasteiger partial charge is 0.396 e. The van der Waals surface area contributed by atoms with E-state index in [0.717, 1.165) is 32.5 Å². The summed E-state index contributed by atoms with van der Waals surface area (Å²) in [7, 11) is 1.73. The van der Waals surface area contributed by atoms with Gasteiger partial charge in [0.1, 0.15) is 0 Å². The predicted molar refractivity (Wildman–Crippen MR) is 59.4 cm³/mol. The first-order valence-electron chi connectivity index (χ1n) is 5.55. The van der Waals surface area contributed by atoms with E-state index >= 15 is 0 Å². The Kier molecular flexibility index (Phi) is 9.35. The van der Waals surface area contributed by atoms with Gasteiger partial charge in [-0.15, -0.1) is 0 Å². The molecule has 0 fully saturated rings. The predicted octanol–water partition coefficient (Wildman–Crippen LogP) is 1.27. The highest BCUT2D eigenvalue weighted by atomic mass is 16.5. The van der Waals surface area contributed by atoms with Crippen LogP contribution >= 0.6 is 0 Å². The van der Waals surface area contributed by atoms with E-state index in [-0.39, 0.29) is 0 Å². The Bertz CT molecular complexity index is 120. The SMILES string of the molecule is CCC(CCO)CNCC(C)COC. The molecule has 0 aliphatic rings. The summed E-state index contributed by atoms with van der Waals surface area (Å²) in [5, 5.41) is 12.2. The Hall–Kier alpha value is -0.120. The summed E-state index contributed by atoms with van der Waals surface area (Å²) in [4.78, 5) is 0. The molecule has 3 nitrogen and oxygen atoms in total. The first-order valence-corrected chi connectivity index (χ1v) is 5.55. The van der Waals surface area contributed by atoms with Gasteiger partial charge in [0.15, 0.2) is 0 Å². The molecule has 2 atom stereocenters. The van der Waals surface area contributed by atoms with E-state index in [1.165, 1.54) is 0 Å². The molecule has 2 unspecified atom stereocenters. The van der Waals surface area contributed by atoms with Crippen LogP contribution in [0.15, 0.2) is 0 Å². The van der Waals surface area contributed by atoms with Gasteiger partial charge in [-0.3, -0.25) is 0 Å². The summed E-state index contributed by atoms with van der Waals surface area (Å²) < 4.78 is 5.05. The molecule has 0 saturated heterocycles. The molecular weight excluding hydrogens is 178 g/mol. The molecule has 0 saturated carbocycles. The van der Waals surface area contributed by atoms with Crippen molar-refractivity contribution in [3.63, 3.8) is 0 Å². The Balaban J connectivity index is 3.40. The molecule has 0 bridgehead atoms. The monoisotopic (exact) mass is 203 g/mol. The highest BCUT2D eigenvalue weighted by Gasteiger charge is 2.06. The normalized spacial score (nSPS) is 15.4. The molecule has 0 aliphatic heterocycles. The van der Waals surface area contributed by atoms with E-state index in [1.54, 1.807) is 7.11 Å². The lowest BCUT2D eigenvalue weighted by molar-refractivity contribution is 0.157. The maximum atomic E-state index is 8.81. The second-order valence-electron chi connectivity index (χ2n) is 4.01. The number of hydrogen-bond donors (Lipinski definition) is 2. The molecule has 0 aromatic rings. The van der Waals surface area contributed by atoms with Gasteiger partial charge in [0.25, 0.3) is 0 Å². The van der Waals surface area contributed by atoms with Crippen molar-refractivity contribution in [2.75, 3.05) is 33.4 Å². The summed E-state index contributed by atoms with van der Waals surface area (Å²) >= 11 is 0. The smallest absolute Gasteiger partial charge is 0.0499 e. The van der Waals surface area contributed by atoms with Crippen molar-refractivity contribution in [1.82, 2.24) is 5.32 Å². The van der Waals surface area contributed by atoms with Gasteiger partial charge in [-0.25, -0.2) is 0 Å². The standard InChI is InChI=1S/C11H25NO2/c1-4-11(5-6-13)8-12-7-10(2)9-14-3/h10-13H,4-9H2,1-3H3. The van der Waals surface area contributed by atoms with Crippen molar-refractivity contribution >= 4 is 0 Å². The van der Waals surface area contributed by atoms with Crippen molar-refractivity contribution in [2.45, 2.75) is 26.7 Å². The van der Waals surface area contributed by atoms with Gasteiger partial charge < -0.3 is 15.2 Å². The number of aliphatic hydroxyl groups excluding tert-OH is 1. The van der Waals surface area contributed by atoms with Gasteiger partial charge in [-0.1, -0.05) is 20.3 Å². The quantitative estimate of drug-likeness (QED) is 0.593. The average Bonchev–Trinajstić information content (AvgIpc) is 2.17. The van der Waals surface area contributed by atoms with Gasteiger partial charge in [0, 0.05) is 20.3 Å². The van der Waals surface area contributed by atoms with E-state index in [4.69, 9.17) is 9.84 Å². The molecule has 0 spiro atoms. The van der Waals surface area contributed by atoms with Crippen LogP contribution in [0.1, 0.15) is 26.7 Å². The fourth-order valence-electron chi connectivity index (χ4n) is 1.51. The number of aliphatic hydroxyl groups is 1. The Morgan fingerprint density at radius 3 is 2.57 bits per heavy atom. The zero-order valence-electron chi connectivity index (χ0n) is 9.75. The summed E-state index contributed by atoms with van der Waals surface area (Å²) in [6.45, 7) is 7.45. The van der Waals surface area contributed by atoms with Crippen LogP contribution in [0.5, 0.6) is 0 Å². The Morgan fingerprint density at radius 1 is 1.36 bits per heavy atom. The topological polar surface area (TPSA) is 41.5 Å². The summed E-state index contributed by atoms with van der Waals surface area (Å²) in [5.41, 5.74) is 0. The van der Waals surface area contributed by atoms with Crippen molar-refractivity contribution in [3.05, 3.63) is 0 Å². The maximum absolute atomic E-state index is 8.81. The van der Waals surface area contributed by atoms with Gasteiger partial charge in [0.2, 0.25) is 0 Å². The molecule has 0 rings (SSSR count). The molecule has 0 radical (unpaired) electrons. The molecule has 0 amide bonds. The molecule has 0 aromatic heterocycles. The second kappa shape index (κ2) is 9.44. The minimum absolute atomic E-state index is 0.299. The Labute approximate surface area is 87.8 Å². The molecular formula is C11H25NO2. The van der Waals surface area contributed by atoms with E-state index in [2.05, 4.69) is 19.2 Å². The van der Waals surface area contributed by atoms with Gasteiger partial charge in [-0.2, -0.15) is 0 Å². The molecule has 3 heteroatoms. The van der Waals surface area contributed by atoms with E-state index in [0.29, 0.717) is 18.4 Å². The van der Waals surface area contributed by atoms with Gasteiger partial charge >= 0.3 is 0 Å². The van der Waals surface area contributed by atoms with Crippen LogP contribution in [0.3, 0.4) is 0 Å². The van der Waals surface area contributed by atoms with Crippen LogP contribution < -0.4 is 5.32 Å². The molecule has 0 aromatic carbocycles. The fourth-order valence-corrected chi connectivity index (χ4v) is 1.51. The lowest BCUT2D eigenvalue weighted by Crippen LogP contribution is -2.29. The zero-order chi connectivity index (χ0) is 10.8. The van der Waals surface area contributed by atoms with Crippen molar-refractivity contribution < 1.29 is 9.84 Å². The lowest BCUT2D eigenvalue weighted by atomic mass is 10.0. The van der Waals surface area contributed by atoms with Crippen LogP contribution in [0.2, 0.25) is 0 Å². The first kappa shape index (κ1) is 13.9. The van der Waals surface area contributed by atoms with Crippen LogP contribution in [-0.4, -0.2) is 38.5 Å². The highest BCUT2D eigenvalue weighted by Crippen LogP contribution is 2.05. The average molecular weight is 203 g/mol. The minimum atomic E-state index is 0.299. The lowest BCUT2D eigenvalue weighted by Gasteiger charge is -2.16. The summed E-state index contributed by atoms with van der Waals surface area (Å²) in [6, 6.07) is 0. The number of rotatable bonds is 9. The number of nitrogens with one attached hydrogen (secondary N) is 1.